The van der Waals surface area contributed by atoms with Gasteiger partial charge in [0.25, 0.3) is 5.91 Å². The minimum Gasteiger partial charge on any atom is -0.483 e. The van der Waals surface area contributed by atoms with Gasteiger partial charge >= 0.3 is 0 Å². The maximum absolute atomic E-state index is 11.8. The summed E-state index contributed by atoms with van der Waals surface area (Å²) in [6, 6.07) is 7.21. The van der Waals surface area contributed by atoms with Crippen LogP contribution in [0.4, 0.5) is 0 Å². The largest absolute Gasteiger partial charge is 0.483 e. The molecule has 4 heteroatoms. The molecule has 1 atom stereocenters. The van der Waals surface area contributed by atoms with Crippen LogP contribution < -0.4 is 4.74 Å². The van der Waals surface area contributed by atoms with E-state index in [2.05, 4.69) is 0 Å². The number of amides is 1. The molecular weight excluding hydrogens is 230 g/mol. The van der Waals surface area contributed by atoms with Crippen molar-refractivity contribution in [3.63, 3.8) is 0 Å². The van der Waals surface area contributed by atoms with Crippen molar-refractivity contribution >= 4 is 5.91 Å². The van der Waals surface area contributed by atoms with E-state index in [1.807, 2.05) is 26.0 Å². The Bertz CT molecular complexity index is 386. The molecule has 1 rings (SSSR count). The maximum Gasteiger partial charge on any atom is 0.260 e. The van der Waals surface area contributed by atoms with E-state index in [-0.39, 0.29) is 12.5 Å². The zero-order valence-electron chi connectivity index (χ0n) is 11.2. The first-order valence-electron chi connectivity index (χ1n) is 6.27. The molecule has 0 aliphatic carbocycles. The van der Waals surface area contributed by atoms with E-state index in [4.69, 9.17) is 4.74 Å². The molecule has 4 nitrogen and oxygen atoms in total. The molecule has 1 amide bonds. The van der Waals surface area contributed by atoms with Gasteiger partial charge < -0.3 is 14.7 Å². The van der Waals surface area contributed by atoms with Gasteiger partial charge in [-0.1, -0.05) is 18.2 Å². The zero-order chi connectivity index (χ0) is 13.5. The quantitative estimate of drug-likeness (QED) is 0.841. The smallest absolute Gasteiger partial charge is 0.260 e. The molecule has 100 valence electrons. The predicted molar refractivity (Wildman–Crippen MR) is 70.5 cm³/mol. The number of likely N-dealkylation sites (N-methyl/N-ethyl adjacent to an activating group) is 1. The van der Waals surface area contributed by atoms with Gasteiger partial charge in [0.1, 0.15) is 5.75 Å². The first-order chi connectivity index (χ1) is 8.60. The average molecular weight is 251 g/mol. The summed E-state index contributed by atoms with van der Waals surface area (Å²) in [5, 5.41) is 9.60. The lowest BCUT2D eigenvalue weighted by atomic mass is 10.1. The van der Waals surface area contributed by atoms with Gasteiger partial charge in [-0.25, -0.2) is 0 Å². The third kappa shape index (κ3) is 3.74. The molecule has 1 unspecified atom stereocenters. The monoisotopic (exact) mass is 251 g/mol. The standard InChI is InChI=1S/C14H21NO3/c1-4-15(5-2)14(17)10-18-13-9-7-6-8-12(13)11(3)16/h6-9,11,16H,4-5,10H2,1-3H3. The zero-order valence-corrected chi connectivity index (χ0v) is 11.2. The lowest BCUT2D eigenvalue weighted by Gasteiger charge is -2.19. The van der Waals surface area contributed by atoms with E-state index in [0.29, 0.717) is 24.4 Å². The Morgan fingerprint density at radius 3 is 2.50 bits per heavy atom. The fraction of sp³-hybridized carbons (Fsp3) is 0.500. The second-order valence-corrected chi connectivity index (χ2v) is 4.07. The fourth-order valence-corrected chi connectivity index (χ4v) is 1.76. The second-order valence-electron chi connectivity index (χ2n) is 4.07. The number of nitrogens with zero attached hydrogens (tertiary/aromatic N) is 1. The summed E-state index contributed by atoms with van der Waals surface area (Å²) < 4.78 is 5.49. The number of aliphatic hydroxyl groups is 1. The number of benzene rings is 1. The summed E-state index contributed by atoms with van der Waals surface area (Å²) in [7, 11) is 0. The van der Waals surface area contributed by atoms with Gasteiger partial charge in [-0.3, -0.25) is 4.79 Å². The number of aliphatic hydroxyl groups excluding tert-OH is 1. The van der Waals surface area contributed by atoms with Crippen molar-refractivity contribution in [2.75, 3.05) is 19.7 Å². The van der Waals surface area contributed by atoms with Crippen molar-refractivity contribution in [1.29, 1.82) is 0 Å². The third-order valence-corrected chi connectivity index (χ3v) is 2.84. The van der Waals surface area contributed by atoms with Crippen LogP contribution in [0.25, 0.3) is 0 Å². The molecule has 0 fully saturated rings. The third-order valence-electron chi connectivity index (χ3n) is 2.84. The number of hydrogen-bond donors (Lipinski definition) is 1. The number of rotatable bonds is 6. The molecule has 0 radical (unpaired) electrons. The minimum absolute atomic E-state index is 0.00537. The van der Waals surface area contributed by atoms with E-state index < -0.39 is 6.10 Å². The Labute approximate surface area is 108 Å². The molecule has 1 N–H and O–H groups in total. The van der Waals surface area contributed by atoms with Crippen molar-refractivity contribution in [2.24, 2.45) is 0 Å². The van der Waals surface area contributed by atoms with Crippen molar-refractivity contribution in [1.82, 2.24) is 4.90 Å². The van der Waals surface area contributed by atoms with Crippen LogP contribution in [0.15, 0.2) is 24.3 Å². The van der Waals surface area contributed by atoms with Gasteiger partial charge in [0.2, 0.25) is 0 Å². The topological polar surface area (TPSA) is 49.8 Å². The summed E-state index contributed by atoms with van der Waals surface area (Å²) in [4.78, 5) is 13.5. The molecule has 1 aromatic carbocycles. The van der Waals surface area contributed by atoms with Crippen LogP contribution in [0.5, 0.6) is 5.75 Å². The van der Waals surface area contributed by atoms with Crippen LogP contribution in [0.1, 0.15) is 32.4 Å². The predicted octanol–water partition coefficient (Wildman–Crippen LogP) is 1.99. The van der Waals surface area contributed by atoms with Crippen LogP contribution in [0.3, 0.4) is 0 Å². The molecule has 0 spiro atoms. The summed E-state index contributed by atoms with van der Waals surface area (Å²) in [5.41, 5.74) is 0.699. The van der Waals surface area contributed by atoms with E-state index in [0.717, 1.165) is 0 Å². The lowest BCUT2D eigenvalue weighted by molar-refractivity contribution is -0.133. The minimum atomic E-state index is -0.607. The molecular formula is C14H21NO3. The highest BCUT2D eigenvalue weighted by atomic mass is 16.5. The van der Waals surface area contributed by atoms with Gasteiger partial charge in [-0.2, -0.15) is 0 Å². The first-order valence-corrected chi connectivity index (χ1v) is 6.27. The van der Waals surface area contributed by atoms with Crippen LogP contribution >= 0.6 is 0 Å². The fourth-order valence-electron chi connectivity index (χ4n) is 1.76. The van der Waals surface area contributed by atoms with Crippen molar-refractivity contribution in [3.8, 4) is 5.75 Å². The number of carbonyl (C=O) groups excluding carboxylic acids is 1. The SMILES string of the molecule is CCN(CC)C(=O)COc1ccccc1C(C)O. The molecule has 0 aliphatic rings. The highest BCUT2D eigenvalue weighted by Gasteiger charge is 2.13. The number of ether oxygens (including phenoxy) is 1. The van der Waals surface area contributed by atoms with Gasteiger partial charge in [0.05, 0.1) is 6.10 Å². The van der Waals surface area contributed by atoms with Crippen LogP contribution in [-0.2, 0) is 4.79 Å². The molecule has 0 saturated carbocycles. The van der Waals surface area contributed by atoms with Crippen LogP contribution in [-0.4, -0.2) is 35.6 Å². The molecule has 0 aromatic heterocycles. The summed E-state index contributed by atoms with van der Waals surface area (Å²) >= 11 is 0. The highest BCUT2D eigenvalue weighted by Crippen LogP contribution is 2.24. The average Bonchev–Trinajstić information content (AvgIpc) is 2.38. The lowest BCUT2D eigenvalue weighted by Crippen LogP contribution is -2.34. The number of para-hydroxylation sites is 1. The first kappa shape index (κ1) is 14.5. The molecule has 1 aromatic rings. The van der Waals surface area contributed by atoms with Gasteiger partial charge in [0.15, 0.2) is 6.61 Å². The molecule has 0 aliphatic heterocycles. The molecule has 0 heterocycles. The summed E-state index contributed by atoms with van der Waals surface area (Å²) in [5.74, 6) is 0.522. The maximum atomic E-state index is 11.8. The Balaban J connectivity index is 2.66. The number of carbonyl (C=O) groups is 1. The molecule has 0 saturated heterocycles. The second kappa shape index (κ2) is 7.01. The van der Waals surface area contributed by atoms with E-state index in [1.165, 1.54) is 0 Å². The van der Waals surface area contributed by atoms with Crippen molar-refractivity contribution < 1.29 is 14.6 Å². The Hall–Kier alpha value is -1.55. The Kier molecular flexibility index (Phi) is 5.65. The molecule has 0 bridgehead atoms. The van der Waals surface area contributed by atoms with Crippen LogP contribution in [0, 0.1) is 0 Å². The van der Waals surface area contributed by atoms with Crippen molar-refractivity contribution in [3.05, 3.63) is 29.8 Å². The van der Waals surface area contributed by atoms with Gasteiger partial charge in [-0.15, -0.1) is 0 Å². The summed E-state index contributed by atoms with van der Waals surface area (Å²) in [6.07, 6.45) is -0.607. The Morgan fingerprint density at radius 2 is 1.94 bits per heavy atom. The van der Waals surface area contributed by atoms with Gasteiger partial charge in [-0.05, 0) is 26.8 Å². The number of hydrogen-bond acceptors (Lipinski definition) is 3. The van der Waals surface area contributed by atoms with E-state index >= 15 is 0 Å². The van der Waals surface area contributed by atoms with Crippen LogP contribution in [0.2, 0.25) is 0 Å². The van der Waals surface area contributed by atoms with Gasteiger partial charge in [0, 0.05) is 18.7 Å². The highest BCUT2D eigenvalue weighted by molar-refractivity contribution is 5.77. The summed E-state index contributed by atoms with van der Waals surface area (Å²) in [6.45, 7) is 6.91. The van der Waals surface area contributed by atoms with Crippen molar-refractivity contribution in [2.45, 2.75) is 26.9 Å². The van der Waals surface area contributed by atoms with E-state index in [9.17, 15) is 9.90 Å². The molecule has 18 heavy (non-hydrogen) atoms. The normalized spacial score (nSPS) is 12.0. The van der Waals surface area contributed by atoms with E-state index in [1.54, 1.807) is 24.0 Å². The Morgan fingerprint density at radius 1 is 1.33 bits per heavy atom.